The number of fused-ring (bicyclic) bond motifs is 1. The van der Waals surface area contributed by atoms with Gasteiger partial charge in [-0.15, -0.1) is 0 Å². The van der Waals surface area contributed by atoms with Crippen molar-refractivity contribution in [3.63, 3.8) is 0 Å². The minimum atomic E-state index is 0.509. The van der Waals surface area contributed by atoms with Crippen LogP contribution in [-0.2, 0) is 11.3 Å². The Kier molecular flexibility index (Phi) is 10.2. The maximum atomic E-state index is 6.37. The summed E-state index contributed by atoms with van der Waals surface area (Å²) < 4.78 is 16.5. The van der Waals surface area contributed by atoms with Gasteiger partial charge in [-0.2, -0.15) is 0 Å². The summed E-state index contributed by atoms with van der Waals surface area (Å²) in [6.07, 6.45) is 1.89. The van der Waals surface area contributed by atoms with E-state index < -0.39 is 0 Å². The van der Waals surface area contributed by atoms with Crippen molar-refractivity contribution in [2.45, 2.75) is 26.3 Å². The maximum Gasteiger partial charge on any atom is 0.191 e. The van der Waals surface area contributed by atoms with E-state index in [-0.39, 0.29) is 0 Å². The van der Waals surface area contributed by atoms with Crippen molar-refractivity contribution in [2.75, 3.05) is 60.2 Å². The number of benzene rings is 1. The van der Waals surface area contributed by atoms with Gasteiger partial charge in [-0.05, 0) is 38.1 Å². The number of nitrogens with one attached hydrogen (secondary N) is 2. The van der Waals surface area contributed by atoms with Crippen molar-refractivity contribution >= 4 is 17.6 Å². The van der Waals surface area contributed by atoms with Crippen LogP contribution >= 0.6 is 11.6 Å². The molecule has 7 nitrogen and oxygen atoms in total. The minimum Gasteiger partial charge on any atom is -0.489 e. The largest absolute Gasteiger partial charge is 0.489 e. The summed E-state index contributed by atoms with van der Waals surface area (Å²) in [6, 6.07) is 3.86. The third-order valence-corrected chi connectivity index (χ3v) is 4.58. The molecule has 158 valence electrons. The van der Waals surface area contributed by atoms with Crippen molar-refractivity contribution in [2.24, 2.45) is 4.99 Å². The summed E-state index contributed by atoms with van der Waals surface area (Å²) in [7, 11) is 3.85. The lowest BCUT2D eigenvalue weighted by atomic mass is 10.2. The summed E-state index contributed by atoms with van der Waals surface area (Å²) in [4.78, 5) is 6.95. The second kappa shape index (κ2) is 12.7. The quantitative estimate of drug-likeness (QED) is 0.349. The molecule has 0 saturated heterocycles. The fraction of sp³-hybridized carbons (Fsp3) is 0.650. The highest BCUT2D eigenvalue weighted by Crippen LogP contribution is 2.38. The second-order valence-corrected chi connectivity index (χ2v) is 7.13. The van der Waals surface area contributed by atoms with Crippen LogP contribution in [-0.4, -0.2) is 71.0 Å². The summed E-state index contributed by atoms with van der Waals surface area (Å²) in [5, 5.41) is 7.22. The van der Waals surface area contributed by atoms with Crippen molar-refractivity contribution < 1.29 is 14.2 Å². The van der Waals surface area contributed by atoms with Crippen LogP contribution in [0.25, 0.3) is 0 Å². The smallest absolute Gasteiger partial charge is 0.191 e. The number of likely N-dealkylation sites (N-methyl/N-ethyl adjacent to an activating group) is 1. The summed E-state index contributed by atoms with van der Waals surface area (Å²) >= 11 is 6.37. The Bertz CT molecular complexity index is 628. The van der Waals surface area contributed by atoms with Gasteiger partial charge in [0.2, 0.25) is 0 Å². The van der Waals surface area contributed by atoms with Gasteiger partial charge < -0.3 is 29.7 Å². The molecule has 0 spiro atoms. The molecule has 0 aliphatic carbocycles. The SMILES string of the molecule is CCNC(=NCc1cc(Cl)c2c(c1)OCCCO2)NCCN(C)CCCOC. The van der Waals surface area contributed by atoms with E-state index in [9.17, 15) is 0 Å². The highest BCUT2D eigenvalue weighted by molar-refractivity contribution is 6.32. The molecule has 1 aliphatic rings. The molecule has 0 radical (unpaired) electrons. The Morgan fingerprint density at radius 3 is 2.86 bits per heavy atom. The Labute approximate surface area is 173 Å². The van der Waals surface area contributed by atoms with E-state index in [1.807, 2.05) is 12.1 Å². The Balaban J connectivity index is 1.89. The van der Waals surface area contributed by atoms with Crippen LogP contribution in [0.3, 0.4) is 0 Å². The van der Waals surface area contributed by atoms with Crippen LogP contribution in [0.5, 0.6) is 11.5 Å². The molecule has 2 N–H and O–H groups in total. The fourth-order valence-electron chi connectivity index (χ4n) is 2.84. The molecular formula is C20H33ClN4O3. The zero-order valence-corrected chi connectivity index (χ0v) is 18.0. The molecule has 0 fully saturated rings. The number of guanidine groups is 1. The number of nitrogens with zero attached hydrogens (tertiary/aromatic N) is 2. The molecule has 0 atom stereocenters. The lowest BCUT2D eigenvalue weighted by Gasteiger charge is -2.18. The lowest BCUT2D eigenvalue weighted by Crippen LogP contribution is -2.41. The van der Waals surface area contributed by atoms with Crippen LogP contribution in [0.4, 0.5) is 0 Å². The second-order valence-electron chi connectivity index (χ2n) is 6.73. The normalized spacial score (nSPS) is 14.1. The van der Waals surface area contributed by atoms with Crippen molar-refractivity contribution in [1.82, 2.24) is 15.5 Å². The van der Waals surface area contributed by atoms with Crippen LogP contribution in [0.2, 0.25) is 5.02 Å². The number of aliphatic imine (C=N–C) groups is 1. The van der Waals surface area contributed by atoms with Gasteiger partial charge in [0.1, 0.15) is 0 Å². The van der Waals surface area contributed by atoms with Gasteiger partial charge in [-0.25, -0.2) is 4.99 Å². The van der Waals surface area contributed by atoms with Crippen molar-refractivity contribution in [3.05, 3.63) is 22.7 Å². The van der Waals surface area contributed by atoms with Gasteiger partial charge in [-0.3, -0.25) is 0 Å². The third kappa shape index (κ3) is 7.73. The molecule has 1 aromatic carbocycles. The zero-order chi connectivity index (χ0) is 20.2. The summed E-state index contributed by atoms with van der Waals surface area (Å²) in [5.41, 5.74) is 0.989. The first-order valence-corrected chi connectivity index (χ1v) is 10.3. The predicted octanol–water partition coefficient (Wildman–Crippen LogP) is 2.52. The summed E-state index contributed by atoms with van der Waals surface area (Å²) in [6.45, 7) is 8.18. The number of ether oxygens (including phenoxy) is 3. The first-order valence-electron chi connectivity index (χ1n) is 9.91. The van der Waals surface area contributed by atoms with Crippen LogP contribution < -0.4 is 20.1 Å². The molecule has 0 bridgehead atoms. The lowest BCUT2D eigenvalue weighted by molar-refractivity contribution is 0.180. The molecule has 1 aromatic rings. The van der Waals surface area contributed by atoms with E-state index in [2.05, 4.69) is 34.5 Å². The number of hydrogen-bond acceptors (Lipinski definition) is 5. The third-order valence-electron chi connectivity index (χ3n) is 4.30. The van der Waals surface area contributed by atoms with E-state index in [1.54, 1.807) is 7.11 Å². The first-order chi connectivity index (χ1) is 13.6. The molecule has 28 heavy (non-hydrogen) atoms. The van der Waals surface area contributed by atoms with Gasteiger partial charge in [0.15, 0.2) is 17.5 Å². The van der Waals surface area contributed by atoms with E-state index in [0.717, 1.165) is 57.2 Å². The molecular weight excluding hydrogens is 380 g/mol. The molecule has 2 rings (SSSR count). The maximum absolute atomic E-state index is 6.37. The highest BCUT2D eigenvalue weighted by atomic mass is 35.5. The highest BCUT2D eigenvalue weighted by Gasteiger charge is 2.15. The number of methoxy groups -OCH3 is 1. The molecule has 1 heterocycles. The standard InChI is InChI=1S/C20H33ClN4O3/c1-4-22-20(23-7-9-25(2)8-5-10-26-3)24-15-16-13-17(21)19-18(14-16)27-11-6-12-28-19/h13-14H,4-12,15H2,1-3H3,(H2,22,23,24). The van der Waals surface area contributed by atoms with Gasteiger partial charge >= 0.3 is 0 Å². The summed E-state index contributed by atoms with van der Waals surface area (Å²) in [5.74, 6) is 2.12. The van der Waals surface area contributed by atoms with E-state index >= 15 is 0 Å². The molecule has 0 amide bonds. The van der Waals surface area contributed by atoms with Gasteiger partial charge in [0.25, 0.3) is 0 Å². The van der Waals surface area contributed by atoms with Crippen LogP contribution in [0, 0.1) is 0 Å². The van der Waals surface area contributed by atoms with Crippen molar-refractivity contribution in [3.8, 4) is 11.5 Å². The zero-order valence-electron chi connectivity index (χ0n) is 17.2. The molecule has 0 aromatic heterocycles. The topological polar surface area (TPSA) is 67.4 Å². The monoisotopic (exact) mass is 412 g/mol. The van der Waals surface area contributed by atoms with E-state index in [0.29, 0.717) is 36.3 Å². The predicted molar refractivity (Wildman–Crippen MR) is 114 cm³/mol. The Morgan fingerprint density at radius 2 is 2.07 bits per heavy atom. The van der Waals surface area contributed by atoms with Gasteiger partial charge in [-0.1, -0.05) is 11.6 Å². The van der Waals surface area contributed by atoms with Crippen LogP contribution in [0.1, 0.15) is 25.3 Å². The Hall–Kier alpha value is -1.70. The van der Waals surface area contributed by atoms with Gasteiger partial charge in [0.05, 0.1) is 24.8 Å². The molecule has 0 saturated carbocycles. The average Bonchev–Trinajstić information content (AvgIpc) is 2.92. The van der Waals surface area contributed by atoms with Crippen molar-refractivity contribution in [1.29, 1.82) is 0 Å². The fourth-order valence-corrected chi connectivity index (χ4v) is 3.13. The van der Waals surface area contributed by atoms with Gasteiger partial charge in [0, 0.05) is 46.3 Å². The molecule has 8 heteroatoms. The Morgan fingerprint density at radius 1 is 1.25 bits per heavy atom. The minimum absolute atomic E-state index is 0.509. The number of hydrogen-bond donors (Lipinski definition) is 2. The van der Waals surface area contributed by atoms with E-state index in [4.69, 9.17) is 25.8 Å². The van der Waals surface area contributed by atoms with Crippen LogP contribution in [0.15, 0.2) is 17.1 Å². The first kappa shape index (κ1) is 22.6. The average molecular weight is 413 g/mol. The number of halogens is 1. The molecule has 0 unspecified atom stereocenters. The molecule has 1 aliphatic heterocycles. The van der Waals surface area contributed by atoms with E-state index in [1.165, 1.54) is 0 Å². The number of rotatable bonds is 10.